The Kier molecular flexibility index (Phi) is 3.95. The van der Waals surface area contributed by atoms with Gasteiger partial charge in [-0.2, -0.15) is 0 Å². The summed E-state index contributed by atoms with van der Waals surface area (Å²) in [7, 11) is 0. The van der Waals surface area contributed by atoms with Crippen LogP contribution in [0.4, 0.5) is 11.4 Å². The fraction of sp³-hybridized carbons (Fsp3) is 0.0714. The minimum absolute atomic E-state index is 0.169. The van der Waals surface area contributed by atoms with Gasteiger partial charge in [-0.3, -0.25) is 14.4 Å². The van der Waals surface area contributed by atoms with Crippen LogP contribution in [0.15, 0.2) is 47.4 Å². The van der Waals surface area contributed by atoms with E-state index in [1.807, 2.05) is 0 Å². The molecule has 2 amide bonds. The molecule has 0 aliphatic carbocycles. The molecule has 20 heavy (non-hydrogen) atoms. The molecule has 0 radical (unpaired) electrons. The lowest BCUT2D eigenvalue weighted by Crippen LogP contribution is -2.19. The van der Waals surface area contributed by atoms with Gasteiger partial charge in [0.15, 0.2) is 0 Å². The van der Waals surface area contributed by atoms with Gasteiger partial charge in [0.25, 0.3) is 11.5 Å². The van der Waals surface area contributed by atoms with Crippen LogP contribution in [0.3, 0.4) is 0 Å². The van der Waals surface area contributed by atoms with Crippen LogP contribution in [0.1, 0.15) is 17.3 Å². The average molecular weight is 271 g/mol. The van der Waals surface area contributed by atoms with E-state index in [0.717, 1.165) is 0 Å². The summed E-state index contributed by atoms with van der Waals surface area (Å²) in [5.41, 5.74) is 0.660. The zero-order valence-electron chi connectivity index (χ0n) is 10.8. The molecule has 102 valence electrons. The van der Waals surface area contributed by atoms with Gasteiger partial charge in [0, 0.05) is 24.4 Å². The molecule has 1 aromatic heterocycles. The molecular weight excluding hydrogens is 258 g/mol. The van der Waals surface area contributed by atoms with Crippen molar-refractivity contribution < 1.29 is 9.59 Å². The van der Waals surface area contributed by atoms with Gasteiger partial charge in [0.05, 0.1) is 0 Å². The Balaban J connectivity index is 2.19. The highest BCUT2D eigenvalue weighted by atomic mass is 16.2. The van der Waals surface area contributed by atoms with Crippen LogP contribution in [0, 0.1) is 0 Å². The Morgan fingerprint density at radius 1 is 1.10 bits per heavy atom. The predicted molar refractivity (Wildman–Crippen MR) is 75.8 cm³/mol. The first-order valence-electron chi connectivity index (χ1n) is 5.93. The van der Waals surface area contributed by atoms with Gasteiger partial charge in [-0.1, -0.05) is 6.07 Å². The van der Waals surface area contributed by atoms with Gasteiger partial charge in [-0.15, -0.1) is 0 Å². The van der Waals surface area contributed by atoms with Gasteiger partial charge in [0.1, 0.15) is 5.69 Å². The average Bonchev–Trinajstić information content (AvgIpc) is 2.41. The fourth-order valence-corrected chi connectivity index (χ4v) is 1.66. The van der Waals surface area contributed by atoms with E-state index in [-0.39, 0.29) is 17.2 Å². The minimum Gasteiger partial charge on any atom is -0.327 e. The molecule has 6 nitrogen and oxygen atoms in total. The van der Waals surface area contributed by atoms with E-state index in [1.165, 1.54) is 25.3 Å². The van der Waals surface area contributed by atoms with Crippen molar-refractivity contribution in [2.75, 3.05) is 10.6 Å². The smallest absolute Gasteiger partial charge is 0.271 e. The molecular formula is C14H13N3O3. The van der Waals surface area contributed by atoms with E-state index < -0.39 is 5.91 Å². The lowest BCUT2D eigenvalue weighted by Gasteiger charge is -2.06. The van der Waals surface area contributed by atoms with Crippen LogP contribution in [0.25, 0.3) is 0 Å². The maximum Gasteiger partial charge on any atom is 0.271 e. The standard InChI is InChI=1S/C14H13N3O3/c1-9(18)16-11-5-2-4-10(8-11)13(19)17-12-6-3-7-15-14(12)20/h2-8H,1H3,(H,15,20)(H,16,18)(H,17,19). The van der Waals surface area contributed by atoms with Gasteiger partial charge in [-0.05, 0) is 30.3 Å². The van der Waals surface area contributed by atoms with Crippen LogP contribution in [-0.2, 0) is 4.79 Å². The molecule has 0 saturated carbocycles. The Labute approximate surface area is 114 Å². The number of aromatic nitrogens is 1. The summed E-state index contributed by atoms with van der Waals surface area (Å²) in [6, 6.07) is 9.58. The number of hydrogen-bond acceptors (Lipinski definition) is 3. The van der Waals surface area contributed by atoms with Crippen molar-refractivity contribution in [3.8, 4) is 0 Å². The second-order valence-corrected chi connectivity index (χ2v) is 4.13. The number of hydrogen-bond donors (Lipinski definition) is 3. The molecule has 1 heterocycles. The lowest BCUT2D eigenvalue weighted by molar-refractivity contribution is -0.114. The maximum atomic E-state index is 12.0. The number of amides is 2. The van der Waals surface area contributed by atoms with Crippen molar-refractivity contribution in [1.82, 2.24) is 4.98 Å². The molecule has 0 unspecified atom stereocenters. The summed E-state index contributed by atoms with van der Waals surface area (Å²) in [5.74, 6) is -0.643. The Hall–Kier alpha value is -2.89. The van der Waals surface area contributed by atoms with Gasteiger partial charge in [0.2, 0.25) is 5.91 Å². The number of benzene rings is 1. The van der Waals surface area contributed by atoms with Crippen molar-refractivity contribution in [1.29, 1.82) is 0 Å². The van der Waals surface area contributed by atoms with Crippen molar-refractivity contribution in [2.24, 2.45) is 0 Å². The number of pyridine rings is 1. The van der Waals surface area contributed by atoms with Crippen LogP contribution in [-0.4, -0.2) is 16.8 Å². The summed E-state index contributed by atoms with van der Waals surface area (Å²) in [6.07, 6.45) is 1.48. The topological polar surface area (TPSA) is 91.1 Å². The monoisotopic (exact) mass is 271 g/mol. The third-order valence-electron chi connectivity index (χ3n) is 2.51. The highest BCUT2D eigenvalue weighted by Gasteiger charge is 2.09. The molecule has 0 aliphatic heterocycles. The first kappa shape index (κ1) is 13.5. The normalized spacial score (nSPS) is 9.85. The SMILES string of the molecule is CC(=O)Nc1cccc(C(=O)Nc2ccc[nH]c2=O)c1. The molecule has 1 aromatic carbocycles. The number of anilines is 2. The zero-order chi connectivity index (χ0) is 14.5. The quantitative estimate of drug-likeness (QED) is 0.791. The van der Waals surface area contributed by atoms with E-state index in [2.05, 4.69) is 15.6 Å². The second kappa shape index (κ2) is 5.83. The third kappa shape index (κ3) is 3.32. The van der Waals surface area contributed by atoms with E-state index in [0.29, 0.717) is 11.3 Å². The highest BCUT2D eigenvalue weighted by molar-refractivity contribution is 6.05. The number of H-pyrrole nitrogens is 1. The molecule has 0 atom stereocenters. The second-order valence-electron chi connectivity index (χ2n) is 4.13. The van der Waals surface area contributed by atoms with Crippen molar-refractivity contribution in [3.63, 3.8) is 0 Å². The fourth-order valence-electron chi connectivity index (χ4n) is 1.66. The highest BCUT2D eigenvalue weighted by Crippen LogP contribution is 2.12. The number of carbonyl (C=O) groups excluding carboxylic acids is 2. The zero-order valence-corrected chi connectivity index (χ0v) is 10.8. The van der Waals surface area contributed by atoms with E-state index in [1.54, 1.807) is 24.3 Å². The van der Waals surface area contributed by atoms with Crippen LogP contribution >= 0.6 is 0 Å². The van der Waals surface area contributed by atoms with Crippen molar-refractivity contribution in [2.45, 2.75) is 6.92 Å². The summed E-state index contributed by atoms with van der Waals surface area (Å²) in [4.78, 5) is 36.9. The minimum atomic E-state index is -0.422. The Morgan fingerprint density at radius 2 is 1.90 bits per heavy atom. The summed E-state index contributed by atoms with van der Waals surface area (Å²) in [5, 5.41) is 5.10. The Bertz CT molecular complexity index is 707. The van der Waals surface area contributed by atoms with Gasteiger partial charge < -0.3 is 15.6 Å². The number of rotatable bonds is 3. The molecule has 0 bridgehead atoms. The summed E-state index contributed by atoms with van der Waals surface area (Å²) < 4.78 is 0. The van der Waals surface area contributed by atoms with E-state index in [4.69, 9.17) is 0 Å². The predicted octanol–water partition coefficient (Wildman–Crippen LogP) is 1.59. The molecule has 0 saturated heterocycles. The largest absolute Gasteiger partial charge is 0.327 e. The molecule has 3 N–H and O–H groups in total. The molecule has 6 heteroatoms. The first-order chi connectivity index (χ1) is 9.56. The number of aromatic amines is 1. The first-order valence-corrected chi connectivity index (χ1v) is 5.93. The van der Waals surface area contributed by atoms with Crippen molar-refractivity contribution >= 4 is 23.2 Å². The summed E-state index contributed by atoms with van der Waals surface area (Å²) in [6.45, 7) is 1.39. The van der Waals surface area contributed by atoms with Crippen LogP contribution < -0.4 is 16.2 Å². The van der Waals surface area contributed by atoms with Crippen LogP contribution in [0.2, 0.25) is 0 Å². The maximum absolute atomic E-state index is 12.0. The lowest BCUT2D eigenvalue weighted by atomic mass is 10.2. The molecule has 2 rings (SSSR count). The molecule has 0 spiro atoms. The summed E-state index contributed by atoms with van der Waals surface area (Å²) >= 11 is 0. The van der Waals surface area contributed by atoms with Crippen molar-refractivity contribution in [3.05, 3.63) is 58.5 Å². The molecule has 0 fully saturated rings. The molecule has 2 aromatic rings. The third-order valence-corrected chi connectivity index (χ3v) is 2.51. The number of carbonyl (C=O) groups is 2. The van der Waals surface area contributed by atoms with E-state index >= 15 is 0 Å². The number of nitrogens with one attached hydrogen (secondary N) is 3. The molecule has 0 aliphatic rings. The van der Waals surface area contributed by atoms with Gasteiger partial charge in [-0.25, -0.2) is 0 Å². The van der Waals surface area contributed by atoms with Gasteiger partial charge >= 0.3 is 0 Å². The Morgan fingerprint density at radius 3 is 2.60 bits per heavy atom. The van der Waals surface area contributed by atoms with Crippen LogP contribution in [0.5, 0.6) is 0 Å². The van der Waals surface area contributed by atoms with E-state index in [9.17, 15) is 14.4 Å².